The van der Waals surface area contributed by atoms with Crippen molar-refractivity contribution in [1.82, 2.24) is 4.90 Å². The number of rotatable bonds is 7. The van der Waals surface area contributed by atoms with Crippen molar-refractivity contribution >= 4 is 23.3 Å². The summed E-state index contributed by atoms with van der Waals surface area (Å²) in [6.07, 6.45) is 2.80. The second-order valence-corrected chi connectivity index (χ2v) is 9.88. The Labute approximate surface area is 263 Å². The van der Waals surface area contributed by atoms with E-state index >= 15 is 0 Å². The van der Waals surface area contributed by atoms with E-state index in [-0.39, 0.29) is 82.8 Å². The van der Waals surface area contributed by atoms with Crippen LogP contribution in [0.2, 0.25) is 0 Å². The Morgan fingerprint density at radius 2 is 1.68 bits per heavy atom. The average molecular weight is 522 g/mol. The van der Waals surface area contributed by atoms with E-state index in [1.807, 2.05) is 12.1 Å². The van der Waals surface area contributed by atoms with Gasteiger partial charge in [0, 0.05) is 68.2 Å². The zero-order valence-corrected chi connectivity index (χ0v) is 26.5. The molecule has 0 saturated carbocycles. The van der Waals surface area contributed by atoms with Crippen LogP contribution in [-0.4, -0.2) is 49.2 Å². The van der Waals surface area contributed by atoms with E-state index in [2.05, 4.69) is 53.4 Å². The Bertz CT molecular complexity index is 1090. The van der Waals surface area contributed by atoms with Crippen LogP contribution in [0.25, 0.3) is 0 Å². The minimum absolute atomic E-state index is 0. The average Bonchev–Trinajstić information content (AvgIpc) is 2.87. The smallest absolute Gasteiger partial charge is 0.792 e. The third kappa shape index (κ3) is 7.84. The van der Waals surface area contributed by atoms with Crippen LogP contribution < -0.4 is 69.1 Å². The molecule has 0 N–H and O–H groups in total. The van der Waals surface area contributed by atoms with Gasteiger partial charge in [-0.15, -0.1) is 0 Å². The molecule has 2 aliphatic rings. The van der Waals surface area contributed by atoms with E-state index in [9.17, 15) is 19.9 Å². The van der Waals surface area contributed by atoms with Gasteiger partial charge in [0.15, 0.2) is 0 Å². The molecular weight excluding hydrogens is 488 g/mol. The maximum atomic E-state index is 12.0. The Hall–Kier alpha value is -1.35. The number of carbonyl (C=O) groups excluding carboxylic acids is 2. The number of amides is 1. The van der Waals surface area contributed by atoms with Gasteiger partial charge in [0.1, 0.15) is 0 Å². The van der Waals surface area contributed by atoms with E-state index < -0.39 is 5.97 Å². The van der Waals surface area contributed by atoms with Crippen LogP contribution in [0.5, 0.6) is 0 Å². The number of aryl methyl sites for hydroxylation is 1. The molecule has 0 bridgehead atoms. The predicted octanol–water partition coefficient (Wildman–Crippen LogP) is -2.70. The normalized spacial score (nSPS) is 19.6. The van der Waals surface area contributed by atoms with E-state index in [1.54, 1.807) is 11.9 Å². The van der Waals surface area contributed by atoms with Gasteiger partial charge >= 0.3 is 59.1 Å². The number of hydrogen-bond donors (Lipinski definition) is 0. The van der Waals surface area contributed by atoms with E-state index in [0.717, 1.165) is 22.4 Å². The molecule has 2 saturated heterocycles. The molecule has 7 nitrogen and oxygen atoms in total. The van der Waals surface area contributed by atoms with Crippen molar-refractivity contribution in [2.45, 2.75) is 44.9 Å². The largest absolute Gasteiger partial charge is 1.00 e. The van der Waals surface area contributed by atoms with Crippen LogP contribution in [0.4, 0.5) is 5.69 Å². The van der Waals surface area contributed by atoms with Crippen LogP contribution in [0, 0.1) is 24.0 Å². The van der Waals surface area contributed by atoms with Crippen molar-refractivity contribution in [1.29, 1.82) is 0 Å². The standard InChI is InChI=1S/C28H35N3O4.2Na/c1-19-5-3-4-6-24(19)25(17-26(29-35)22-9-12-27(32)30(2)18-22)20-7-10-23(11-8-20)31-15-13-21(14-16-31)28(33)34;;/h3-8,10-11,21-22,25,35H,9,12-18H2,1-2H3,(H,33,34);;/q;2*+1/p-2/b29-26+;;/t22?,25-;;/m1../s1. The zero-order valence-electron chi connectivity index (χ0n) is 22.5. The summed E-state index contributed by atoms with van der Waals surface area (Å²) < 4.78 is 0. The molecule has 186 valence electrons. The number of carboxylic acids is 1. The maximum Gasteiger partial charge on any atom is 1.00 e. The van der Waals surface area contributed by atoms with Gasteiger partial charge in [0.2, 0.25) is 5.91 Å². The quantitative estimate of drug-likeness (QED) is 0.224. The molecule has 4 rings (SSSR count). The molecule has 9 heteroatoms. The van der Waals surface area contributed by atoms with Crippen molar-refractivity contribution in [2.75, 3.05) is 31.6 Å². The Morgan fingerprint density at radius 1 is 1.03 bits per heavy atom. The van der Waals surface area contributed by atoms with Gasteiger partial charge in [0.25, 0.3) is 0 Å². The number of anilines is 1. The first-order chi connectivity index (χ1) is 16.9. The van der Waals surface area contributed by atoms with E-state index in [0.29, 0.717) is 57.5 Å². The first-order valence-electron chi connectivity index (χ1n) is 12.4. The number of likely N-dealkylation sites (tertiary alicyclic amines) is 1. The zero-order chi connectivity index (χ0) is 24.9. The monoisotopic (exact) mass is 521 g/mol. The molecule has 2 aromatic carbocycles. The molecule has 0 spiro atoms. The first kappa shape index (κ1) is 31.9. The van der Waals surface area contributed by atoms with Crippen molar-refractivity contribution in [2.24, 2.45) is 17.0 Å². The van der Waals surface area contributed by atoms with Gasteiger partial charge in [-0.2, -0.15) is 0 Å². The second-order valence-electron chi connectivity index (χ2n) is 9.88. The van der Waals surface area contributed by atoms with Gasteiger partial charge in [-0.3, -0.25) is 4.79 Å². The van der Waals surface area contributed by atoms with Crippen molar-refractivity contribution in [3.63, 3.8) is 0 Å². The summed E-state index contributed by atoms with van der Waals surface area (Å²) in [5.74, 6) is -1.25. The van der Waals surface area contributed by atoms with Gasteiger partial charge in [-0.05, 0) is 61.4 Å². The minimum atomic E-state index is -0.953. The molecule has 0 aliphatic carbocycles. The van der Waals surface area contributed by atoms with Gasteiger partial charge in [0.05, 0.1) is 0 Å². The van der Waals surface area contributed by atoms with Crippen molar-refractivity contribution < 1.29 is 73.8 Å². The molecule has 1 unspecified atom stereocenters. The van der Waals surface area contributed by atoms with Crippen LogP contribution in [0.15, 0.2) is 53.7 Å². The molecule has 37 heavy (non-hydrogen) atoms. The van der Waals surface area contributed by atoms with Crippen LogP contribution >= 0.6 is 0 Å². The van der Waals surface area contributed by atoms with Crippen molar-refractivity contribution in [3.8, 4) is 0 Å². The number of hydrogen-bond acceptors (Lipinski definition) is 6. The third-order valence-electron chi connectivity index (χ3n) is 7.68. The molecule has 2 heterocycles. The van der Waals surface area contributed by atoms with Crippen molar-refractivity contribution in [3.05, 3.63) is 70.4 Å². The fourth-order valence-corrected chi connectivity index (χ4v) is 5.45. The van der Waals surface area contributed by atoms with Gasteiger partial charge in [-0.1, -0.05) is 36.4 Å². The fraction of sp³-hybridized carbons (Fsp3) is 0.464. The summed E-state index contributed by atoms with van der Waals surface area (Å²) in [6, 6.07) is 16.6. The molecule has 0 radical (unpaired) electrons. The Kier molecular flexibility index (Phi) is 12.7. The van der Waals surface area contributed by atoms with Gasteiger partial charge < -0.3 is 30.1 Å². The minimum Gasteiger partial charge on any atom is -0.792 e. The molecule has 2 fully saturated rings. The summed E-state index contributed by atoms with van der Waals surface area (Å²) in [4.78, 5) is 27.0. The van der Waals surface area contributed by atoms with E-state index in [1.165, 1.54) is 0 Å². The Balaban J connectivity index is 0.00000241. The number of aliphatic carboxylic acids is 1. The molecule has 1 amide bonds. The summed E-state index contributed by atoms with van der Waals surface area (Å²) in [5, 5.41) is 26.6. The molecular formula is C28H33N3Na2O4. The van der Waals surface area contributed by atoms with Crippen LogP contribution in [0.1, 0.15) is 54.7 Å². The molecule has 2 aliphatic heterocycles. The summed E-state index contributed by atoms with van der Waals surface area (Å²) >= 11 is 0. The fourth-order valence-electron chi connectivity index (χ4n) is 5.45. The predicted molar refractivity (Wildman–Crippen MR) is 135 cm³/mol. The SMILES string of the molecule is Cc1ccccc1[C@H](C/C(=N\[O-])C1CCC(=O)N(C)C1)c1ccc(N2CCC(C(=O)[O-])CC2)cc1.[Na+].[Na+]. The molecule has 2 atom stereocenters. The first-order valence-corrected chi connectivity index (χ1v) is 12.4. The number of benzene rings is 2. The van der Waals surface area contributed by atoms with Crippen LogP contribution in [0.3, 0.4) is 0 Å². The van der Waals surface area contributed by atoms with Crippen LogP contribution in [-0.2, 0) is 9.59 Å². The number of piperidine rings is 2. The van der Waals surface area contributed by atoms with Gasteiger partial charge in [-0.25, -0.2) is 0 Å². The Morgan fingerprint density at radius 3 is 2.24 bits per heavy atom. The summed E-state index contributed by atoms with van der Waals surface area (Å²) in [7, 11) is 1.78. The number of carbonyl (C=O) groups is 2. The number of nitrogens with zero attached hydrogens (tertiary/aromatic N) is 3. The summed E-state index contributed by atoms with van der Waals surface area (Å²) in [6.45, 7) is 4.00. The summed E-state index contributed by atoms with van der Waals surface area (Å²) in [5.41, 5.74) is 5.11. The topological polar surface area (TPSA) is 99.1 Å². The maximum absolute atomic E-state index is 12.0. The third-order valence-corrected chi connectivity index (χ3v) is 7.68. The number of carboxylic acid groups (broad SMARTS) is 1. The van der Waals surface area contributed by atoms with E-state index in [4.69, 9.17) is 0 Å². The molecule has 2 aromatic rings. The molecule has 0 aromatic heterocycles. The second kappa shape index (κ2) is 14.7.